The second-order valence-corrected chi connectivity index (χ2v) is 10.3. The van der Waals surface area contributed by atoms with Crippen LogP contribution in [0.25, 0.3) is 0 Å². The van der Waals surface area contributed by atoms with Gasteiger partial charge in [-0.25, -0.2) is 4.79 Å². The van der Waals surface area contributed by atoms with E-state index in [4.69, 9.17) is 21.1 Å². The quantitative estimate of drug-likeness (QED) is 0.547. The van der Waals surface area contributed by atoms with Gasteiger partial charge in [0, 0.05) is 16.0 Å². The molecule has 2 aromatic rings. The molecule has 0 aromatic heterocycles. The molecular weight excluding hydrogens is 426 g/mol. The van der Waals surface area contributed by atoms with Gasteiger partial charge < -0.3 is 14.8 Å². The Morgan fingerprint density at radius 3 is 2.22 bits per heavy atom. The van der Waals surface area contributed by atoms with Crippen molar-refractivity contribution in [3.63, 3.8) is 0 Å². The number of nitrogens with one attached hydrogen (secondary N) is 1. The summed E-state index contributed by atoms with van der Waals surface area (Å²) in [4.78, 5) is 24.7. The van der Waals surface area contributed by atoms with Crippen molar-refractivity contribution in [1.29, 1.82) is 0 Å². The van der Waals surface area contributed by atoms with Gasteiger partial charge in [-0.2, -0.15) is 0 Å². The van der Waals surface area contributed by atoms with Crippen molar-refractivity contribution in [2.75, 3.05) is 19.0 Å². The number of hydrogen-bond donors (Lipinski definition) is 1. The molecule has 4 aliphatic rings. The van der Waals surface area contributed by atoms with Crippen molar-refractivity contribution >= 4 is 29.2 Å². The molecule has 0 radical (unpaired) electrons. The van der Waals surface area contributed by atoms with Crippen molar-refractivity contribution < 1.29 is 19.1 Å². The van der Waals surface area contributed by atoms with E-state index in [0.29, 0.717) is 21.7 Å². The molecule has 0 saturated heterocycles. The number of esters is 1. The molecule has 1 N–H and O–H groups in total. The summed E-state index contributed by atoms with van der Waals surface area (Å²) >= 11 is 5.98. The molecule has 32 heavy (non-hydrogen) atoms. The van der Waals surface area contributed by atoms with Crippen LogP contribution in [0.3, 0.4) is 0 Å². The summed E-state index contributed by atoms with van der Waals surface area (Å²) in [6, 6.07) is 11.9. The fraction of sp³-hybridized carbons (Fsp3) is 0.462. The van der Waals surface area contributed by atoms with Crippen molar-refractivity contribution in [2.24, 2.45) is 23.2 Å². The SMILES string of the molecule is COC(=O)c1cc(Cl)ccc1NC(=O)c1ccc(OCC23CC4CC(CC(C4)C2)C3)cc1. The van der Waals surface area contributed by atoms with E-state index in [2.05, 4.69) is 5.32 Å². The van der Waals surface area contributed by atoms with Gasteiger partial charge in [0.1, 0.15) is 5.75 Å². The summed E-state index contributed by atoms with van der Waals surface area (Å²) in [6.07, 6.45) is 8.20. The molecule has 1 amide bonds. The van der Waals surface area contributed by atoms with Crippen LogP contribution in [-0.4, -0.2) is 25.6 Å². The number of rotatable bonds is 6. The molecule has 6 heteroatoms. The van der Waals surface area contributed by atoms with E-state index in [1.165, 1.54) is 51.7 Å². The molecule has 0 spiro atoms. The summed E-state index contributed by atoms with van der Waals surface area (Å²) in [6.45, 7) is 0.773. The Kier molecular flexibility index (Phi) is 5.62. The molecule has 4 fully saturated rings. The van der Waals surface area contributed by atoms with Crippen molar-refractivity contribution in [1.82, 2.24) is 0 Å². The van der Waals surface area contributed by atoms with E-state index < -0.39 is 5.97 Å². The fourth-order valence-corrected chi connectivity index (χ4v) is 6.68. The van der Waals surface area contributed by atoms with E-state index in [-0.39, 0.29) is 11.5 Å². The van der Waals surface area contributed by atoms with Gasteiger partial charge in [-0.3, -0.25) is 4.79 Å². The maximum Gasteiger partial charge on any atom is 0.340 e. The fourth-order valence-electron chi connectivity index (χ4n) is 6.50. The molecule has 4 bridgehead atoms. The van der Waals surface area contributed by atoms with Crippen LogP contribution in [0.4, 0.5) is 5.69 Å². The zero-order valence-electron chi connectivity index (χ0n) is 18.2. The number of halogens is 1. The Balaban J connectivity index is 1.23. The summed E-state index contributed by atoms with van der Waals surface area (Å²) in [5.74, 6) is 2.62. The van der Waals surface area contributed by atoms with Gasteiger partial charge in [-0.05, 0) is 98.7 Å². The van der Waals surface area contributed by atoms with E-state index in [9.17, 15) is 9.59 Å². The van der Waals surface area contributed by atoms with Gasteiger partial charge in [-0.1, -0.05) is 11.6 Å². The Labute approximate surface area is 193 Å². The van der Waals surface area contributed by atoms with E-state index >= 15 is 0 Å². The predicted molar refractivity (Wildman–Crippen MR) is 123 cm³/mol. The molecule has 6 rings (SSSR count). The lowest BCUT2D eigenvalue weighted by atomic mass is 9.50. The monoisotopic (exact) mass is 453 g/mol. The number of ether oxygens (including phenoxy) is 2. The minimum absolute atomic E-state index is 0.212. The predicted octanol–water partition coefficient (Wildman–Crippen LogP) is 5.97. The smallest absolute Gasteiger partial charge is 0.340 e. The lowest BCUT2D eigenvalue weighted by molar-refractivity contribution is -0.0745. The molecule has 4 aliphatic carbocycles. The maximum atomic E-state index is 12.7. The lowest BCUT2D eigenvalue weighted by Gasteiger charge is -2.56. The third-order valence-electron chi connectivity index (χ3n) is 7.46. The Bertz CT molecular complexity index is 997. The molecule has 4 saturated carbocycles. The van der Waals surface area contributed by atoms with Crippen molar-refractivity contribution in [3.8, 4) is 5.75 Å². The largest absolute Gasteiger partial charge is 0.493 e. The van der Waals surface area contributed by atoms with Crippen LogP contribution in [-0.2, 0) is 4.74 Å². The molecule has 0 atom stereocenters. The second-order valence-electron chi connectivity index (χ2n) is 9.87. The first-order chi connectivity index (χ1) is 15.4. The molecule has 2 aromatic carbocycles. The van der Waals surface area contributed by atoms with Crippen LogP contribution in [0.2, 0.25) is 5.02 Å². The summed E-state index contributed by atoms with van der Waals surface area (Å²) in [7, 11) is 1.29. The summed E-state index contributed by atoms with van der Waals surface area (Å²) in [5, 5.41) is 3.16. The zero-order chi connectivity index (χ0) is 22.3. The number of anilines is 1. The minimum Gasteiger partial charge on any atom is -0.493 e. The number of amides is 1. The molecule has 0 aliphatic heterocycles. The average molecular weight is 454 g/mol. The van der Waals surface area contributed by atoms with Crippen molar-refractivity contribution in [3.05, 3.63) is 58.6 Å². The lowest BCUT2D eigenvalue weighted by Crippen LogP contribution is -2.48. The maximum absolute atomic E-state index is 12.7. The first-order valence-corrected chi connectivity index (χ1v) is 11.7. The average Bonchev–Trinajstić information content (AvgIpc) is 2.78. The molecule has 0 unspecified atom stereocenters. The standard InChI is InChI=1S/C26H28ClNO4/c1-31-25(30)22-11-20(27)4-7-23(22)28-24(29)19-2-5-21(6-3-19)32-15-26-12-16-8-17(13-26)10-18(9-16)14-26/h2-7,11,16-18H,8-10,12-15H2,1H3,(H,28,29). The van der Waals surface area contributed by atoms with Crippen molar-refractivity contribution in [2.45, 2.75) is 38.5 Å². The van der Waals surface area contributed by atoms with Crippen LogP contribution in [0, 0.1) is 23.2 Å². The second kappa shape index (κ2) is 8.43. The minimum atomic E-state index is -0.559. The Morgan fingerprint density at radius 1 is 1.00 bits per heavy atom. The highest BCUT2D eigenvalue weighted by Gasteiger charge is 2.51. The highest BCUT2D eigenvalue weighted by molar-refractivity contribution is 6.31. The molecular formula is C26H28ClNO4. The van der Waals surface area contributed by atoms with Crippen LogP contribution in [0.5, 0.6) is 5.75 Å². The first kappa shape index (κ1) is 21.3. The normalized spacial score (nSPS) is 27.8. The van der Waals surface area contributed by atoms with Gasteiger partial charge in [0.05, 0.1) is 25.0 Å². The first-order valence-electron chi connectivity index (χ1n) is 11.4. The summed E-state index contributed by atoms with van der Waals surface area (Å²) in [5.41, 5.74) is 1.40. The number of benzene rings is 2. The Morgan fingerprint density at radius 2 is 1.62 bits per heavy atom. The van der Waals surface area contributed by atoms with Gasteiger partial charge in [0.25, 0.3) is 5.91 Å². The summed E-state index contributed by atoms with van der Waals surface area (Å²) < 4.78 is 11.0. The van der Waals surface area contributed by atoms with E-state index in [1.807, 2.05) is 12.1 Å². The van der Waals surface area contributed by atoms with Gasteiger partial charge in [0.2, 0.25) is 0 Å². The third kappa shape index (κ3) is 4.23. The van der Waals surface area contributed by atoms with Gasteiger partial charge >= 0.3 is 5.97 Å². The van der Waals surface area contributed by atoms with Crippen LogP contribution < -0.4 is 10.1 Å². The number of carbonyl (C=O) groups excluding carboxylic acids is 2. The van der Waals surface area contributed by atoms with Crippen LogP contribution in [0.1, 0.15) is 59.2 Å². The molecule has 168 valence electrons. The third-order valence-corrected chi connectivity index (χ3v) is 7.70. The topological polar surface area (TPSA) is 64.6 Å². The van der Waals surface area contributed by atoms with Crippen LogP contribution >= 0.6 is 11.6 Å². The highest BCUT2D eigenvalue weighted by atomic mass is 35.5. The van der Waals surface area contributed by atoms with Crippen LogP contribution in [0.15, 0.2) is 42.5 Å². The zero-order valence-corrected chi connectivity index (χ0v) is 19.0. The number of hydrogen-bond acceptors (Lipinski definition) is 4. The number of carbonyl (C=O) groups is 2. The van der Waals surface area contributed by atoms with Gasteiger partial charge in [0.15, 0.2) is 0 Å². The molecule has 5 nitrogen and oxygen atoms in total. The van der Waals surface area contributed by atoms with E-state index in [0.717, 1.165) is 30.1 Å². The highest BCUT2D eigenvalue weighted by Crippen LogP contribution is 2.60. The van der Waals surface area contributed by atoms with Gasteiger partial charge in [-0.15, -0.1) is 0 Å². The Hall–Kier alpha value is -2.53. The molecule has 0 heterocycles. The van der Waals surface area contributed by atoms with E-state index in [1.54, 1.807) is 24.3 Å². The number of methoxy groups -OCH3 is 1.